The van der Waals surface area contributed by atoms with Crippen LogP contribution < -0.4 is 5.32 Å². The van der Waals surface area contributed by atoms with Crippen molar-refractivity contribution in [3.05, 3.63) is 35.4 Å². The van der Waals surface area contributed by atoms with E-state index in [4.69, 9.17) is 0 Å². The first-order chi connectivity index (χ1) is 7.74. The fourth-order valence-corrected chi connectivity index (χ4v) is 2.40. The average Bonchev–Trinajstić information content (AvgIpc) is 2.76. The summed E-state index contributed by atoms with van der Waals surface area (Å²) in [5, 5.41) is 12.6. The van der Waals surface area contributed by atoms with Gasteiger partial charge < -0.3 is 0 Å². The highest BCUT2D eigenvalue weighted by Gasteiger charge is 2.32. The first-order valence-electron chi connectivity index (χ1n) is 5.96. The number of hydrogen-bond donors (Lipinski definition) is 1. The summed E-state index contributed by atoms with van der Waals surface area (Å²) in [7, 11) is 0. The Morgan fingerprint density at radius 2 is 2.38 bits per heavy atom. The Bertz CT molecular complexity index is 397. The van der Waals surface area contributed by atoms with Crippen LogP contribution in [0.25, 0.3) is 0 Å². The molecule has 2 heteroatoms. The molecular weight excluding hydrogens is 196 g/mol. The number of nitrogens with one attached hydrogen (secondary N) is 1. The van der Waals surface area contributed by atoms with Gasteiger partial charge in [-0.1, -0.05) is 29.8 Å². The van der Waals surface area contributed by atoms with E-state index in [1.165, 1.54) is 11.1 Å². The predicted octanol–water partition coefficient (Wildman–Crippen LogP) is 2.57. The van der Waals surface area contributed by atoms with Crippen molar-refractivity contribution in [2.45, 2.75) is 38.1 Å². The van der Waals surface area contributed by atoms with E-state index in [1.54, 1.807) is 0 Å². The molecule has 1 unspecified atom stereocenters. The molecule has 0 spiro atoms. The number of benzene rings is 1. The van der Waals surface area contributed by atoms with Gasteiger partial charge in [-0.25, -0.2) is 0 Å². The van der Waals surface area contributed by atoms with E-state index >= 15 is 0 Å². The van der Waals surface area contributed by atoms with Crippen molar-refractivity contribution >= 4 is 0 Å². The lowest BCUT2D eigenvalue weighted by Crippen LogP contribution is -2.38. The zero-order valence-electron chi connectivity index (χ0n) is 9.79. The fraction of sp³-hybridized carbons (Fsp3) is 0.500. The van der Waals surface area contributed by atoms with Crippen LogP contribution in [0.4, 0.5) is 0 Å². The molecule has 2 nitrogen and oxygen atoms in total. The normalized spacial score (nSPS) is 24.2. The van der Waals surface area contributed by atoms with Gasteiger partial charge in [0.2, 0.25) is 0 Å². The maximum absolute atomic E-state index is 9.24. The molecular formula is C14H18N2. The van der Waals surface area contributed by atoms with Crippen LogP contribution in [0.1, 0.15) is 30.4 Å². The number of nitriles is 1. The number of nitrogens with zero attached hydrogens (tertiary/aromatic N) is 1. The van der Waals surface area contributed by atoms with E-state index < -0.39 is 0 Å². The third-order valence-corrected chi connectivity index (χ3v) is 3.38. The number of rotatable bonds is 3. The van der Waals surface area contributed by atoms with Crippen LogP contribution in [-0.4, -0.2) is 12.1 Å². The Hall–Kier alpha value is -1.33. The first-order valence-corrected chi connectivity index (χ1v) is 5.96. The van der Waals surface area contributed by atoms with Crippen molar-refractivity contribution in [2.24, 2.45) is 0 Å². The number of aryl methyl sites for hydroxylation is 2. The van der Waals surface area contributed by atoms with Crippen molar-refractivity contribution in [2.75, 3.05) is 6.54 Å². The maximum Gasteiger partial charge on any atom is 0.107 e. The highest BCUT2D eigenvalue weighted by molar-refractivity contribution is 5.23. The average molecular weight is 214 g/mol. The fourth-order valence-electron chi connectivity index (χ4n) is 2.40. The van der Waals surface area contributed by atoms with Gasteiger partial charge in [-0.15, -0.1) is 0 Å². The third kappa shape index (κ3) is 2.43. The van der Waals surface area contributed by atoms with Gasteiger partial charge in [-0.05, 0) is 44.7 Å². The summed E-state index contributed by atoms with van der Waals surface area (Å²) >= 11 is 0. The van der Waals surface area contributed by atoms with E-state index in [2.05, 4.69) is 42.6 Å². The van der Waals surface area contributed by atoms with Crippen molar-refractivity contribution in [1.29, 1.82) is 5.26 Å². The molecule has 16 heavy (non-hydrogen) atoms. The number of hydrogen-bond acceptors (Lipinski definition) is 2. The van der Waals surface area contributed by atoms with Gasteiger partial charge in [0, 0.05) is 0 Å². The maximum atomic E-state index is 9.24. The summed E-state index contributed by atoms with van der Waals surface area (Å²) in [5.74, 6) is 0. The van der Waals surface area contributed by atoms with E-state index in [0.717, 1.165) is 32.2 Å². The minimum atomic E-state index is -0.260. The molecule has 1 aromatic carbocycles. The molecule has 0 amide bonds. The van der Waals surface area contributed by atoms with E-state index in [1.807, 2.05) is 0 Å². The zero-order valence-corrected chi connectivity index (χ0v) is 9.79. The minimum absolute atomic E-state index is 0.260. The summed E-state index contributed by atoms with van der Waals surface area (Å²) in [6.45, 7) is 3.10. The highest BCUT2D eigenvalue weighted by atomic mass is 15.0. The second kappa shape index (κ2) is 4.67. The molecule has 0 radical (unpaired) electrons. The standard InChI is InChI=1S/C14H18N2/c1-12-4-2-5-13(10-12)6-8-14(11-15)7-3-9-16-14/h2,4-5,10,16H,3,6-9H2,1H3. The van der Waals surface area contributed by atoms with Gasteiger partial charge in [0.05, 0.1) is 6.07 Å². The van der Waals surface area contributed by atoms with Crippen molar-refractivity contribution in [3.8, 4) is 6.07 Å². The lowest BCUT2D eigenvalue weighted by molar-refractivity contribution is 0.447. The predicted molar refractivity (Wildman–Crippen MR) is 65.1 cm³/mol. The summed E-state index contributed by atoms with van der Waals surface area (Å²) in [6.07, 6.45) is 4.03. The molecule has 0 bridgehead atoms. The molecule has 2 rings (SSSR count). The van der Waals surface area contributed by atoms with Crippen LogP contribution >= 0.6 is 0 Å². The van der Waals surface area contributed by atoms with Crippen LogP contribution in [0.5, 0.6) is 0 Å². The third-order valence-electron chi connectivity index (χ3n) is 3.38. The highest BCUT2D eigenvalue weighted by Crippen LogP contribution is 2.24. The van der Waals surface area contributed by atoms with Crippen molar-refractivity contribution in [1.82, 2.24) is 5.32 Å². The van der Waals surface area contributed by atoms with Gasteiger partial charge in [-0.2, -0.15) is 5.26 Å². The molecule has 0 aliphatic carbocycles. The van der Waals surface area contributed by atoms with Gasteiger partial charge >= 0.3 is 0 Å². The van der Waals surface area contributed by atoms with Crippen LogP contribution in [-0.2, 0) is 6.42 Å². The van der Waals surface area contributed by atoms with E-state index in [0.29, 0.717) is 0 Å². The molecule has 1 heterocycles. The van der Waals surface area contributed by atoms with E-state index in [9.17, 15) is 5.26 Å². The second-order valence-corrected chi connectivity index (χ2v) is 4.71. The monoisotopic (exact) mass is 214 g/mol. The molecule has 0 saturated carbocycles. The largest absolute Gasteiger partial charge is 0.299 e. The lowest BCUT2D eigenvalue weighted by atomic mass is 9.91. The molecule has 1 aliphatic rings. The van der Waals surface area contributed by atoms with Gasteiger partial charge in [0.1, 0.15) is 5.54 Å². The molecule has 1 atom stereocenters. The summed E-state index contributed by atoms with van der Waals surface area (Å²) in [5.41, 5.74) is 2.37. The quantitative estimate of drug-likeness (QED) is 0.839. The molecule has 1 fully saturated rings. The van der Waals surface area contributed by atoms with Crippen molar-refractivity contribution < 1.29 is 0 Å². The van der Waals surface area contributed by atoms with Gasteiger partial charge in [-0.3, -0.25) is 5.32 Å². The Balaban J connectivity index is 1.99. The summed E-state index contributed by atoms with van der Waals surface area (Å²) in [4.78, 5) is 0. The molecule has 0 aromatic heterocycles. The van der Waals surface area contributed by atoms with Crippen LogP contribution in [0.3, 0.4) is 0 Å². The first kappa shape index (κ1) is 11.2. The second-order valence-electron chi connectivity index (χ2n) is 4.71. The topological polar surface area (TPSA) is 35.8 Å². The Morgan fingerprint density at radius 3 is 3.00 bits per heavy atom. The molecule has 1 aromatic rings. The summed E-state index contributed by atoms with van der Waals surface area (Å²) < 4.78 is 0. The zero-order chi connectivity index (χ0) is 11.4. The smallest absolute Gasteiger partial charge is 0.107 e. The molecule has 1 aliphatic heterocycles. The van der Waals surface area contributed by atoms with Crippen LogP contribution in [0, 0.1) is 18.3 Å². The Kier molecular flexibility index (Phi) is 3.26. The lowest BCUT2D eigenvalue weighted by Gasteiger charge is -2.20. The minimum Gasteiger partial charge on any atom is -0.299 e. The summed E-state index contributed by atoms with van der Waals surface area (Å²) in [6, 6.07) is 11.0. The van der Waals surface area contributed by atoms with Gasteiger partial charge in [0.25, 0.3) is 0 Å². The van der Waals surface area contributed by atoms with Crippen LogP contribution in [0.2, 0.25) is 0 Å². The Labute approximate surface area is 97.3 Å². The van der Waals surface area contributed by atoms with Crippen molar-refractivity contribution in [3.63, 3.8) is 0 Å². The molecule has 84 valence electrons. The Morgan fingerprint density at radius 1 is 1.50 bits per heavy atom. The molecule has 1 N–H and O–H groups in total. The molecule has 1 saturated heterocycles. The van der Waals surface area contributed by atoms with Crippen LogP contribution in [0.15, 0.2) is 24.3 Å². The SMILES string of the molecule is Cc1cccc(CCC2(C#N)CCCN2)c1. The van der Waals surface area contributed by atoms with Gasteiger partial charge in [0.15, 0.2) is 0 Å². The van der Waals surface area contributed by atoms with E-state index in [-0.39, 0.29) is 5.54 Å².